The molecule has 0 bridgehead atoms. The number of anilines is 1. The number of thiazole rings is 1. The molecule has 1 aromatic rings. The molecule has 1 aromatic heterocycles. The molecule has 0 atom stereocenters. The summed E-state index contributed by atoms with van der Waals surface area (Å²) < 4.78 is 10.7. The molecule has 0 unspecified atom stereocenters. The summed E-state index contributed by atoms with van der Waals surface area (Å²) in [5, 5.41) is 5.50. The van der Waals surface area contributed by atoms with Crippen LogP contribution in [-0.4, -0.2) is 42.5 Å². The number of ether oxygens (including phenoxy) is 2. The predicted octanol–water partition coefficient (Wildman–Crippen LogP) is 0.506. The lowest BCUT2D eigenvalue weighted by Crippen LogP contribution is -2.65. The number of nitrogens with one attached hydrogen (secondary N) is 1. The van der Waals surface area contributed by atoms with Crippen molar-refractivity contribution < 1.29 is 19.1 Å². The molecule has 1 fully saturated rings. The summed E-state index contributed by atoms with van der Waals surface area (Å²) >= 11 is 1.37. The van der Waals surface area contributed by atoms with E-state index in [4.69, 9.17) is 9.47 Å². The van der Waals surface area contributed by atoms with Gasteiger partial charge in [-0.25, -0.2) is 14.6 Å². The summed E-state index contributed by atoms with van der Waals surface area (Å²) in [7, 11) is 0. The first-order valence-electron chi connectivity index (χ1n) is 6.33. The smallest absolute Gasteiger partial charge is 0.357 e. The standard InChI is InChI=1S/C13H13N3O4S/c1-2-9-7-21-12(15-9)16-6-5-14-8-13(16)19-10(17)3-4-11(18)20-13/h2-4,7,14H,1,5-6,8H2. The van der Waals surface area contributed by atoms with Crippen LogP contribution in [0.2, 0.25) is 0 Å². The number of aromatic nitrogens is 1. The van der Waals surface area contributed by atoms with Crippen LogP contribution in [0.5, 0.6) is 0 Å². The van der Waals surface area contributed by atoms with E-state index in [2.05, 4.69) is 16.9 Å². The Morgan fingerprint density at radius 1 is 1.38 bits per heavy atom. The van der Waals surface area contributed by atoms with Gasteiger partial charge in [-0.1, -0.05) is 6.58 Å². The minimum atomic E-state index is -1.51. The van der Waals surface area contributed by atoms with Crippen LogP contribution in [0.3, 0.4) is 0 Å². The maximum absolute atomic E-state index is 11.7. The third kappa shape index (κ3) is 2.55. The zero-order valence-corrected chi connectivity index (χ0v) is 11.9. The molecule has 3 heterocycles. The summed E-state index contributed by atoms with van der Waals surface area (Å²) in [4.78, 5) is 29.5. The van der Waals surface area contributed by atoms with Gasteiger partial charge < -0.3 is 14.8 Å². The number of esters is 2. The Morgan fingerprint density at radius 2 is 2.10 bits per heavy atom. The highest BCUT2D eigenvalue weighted by Gasteiger charge is 2.48. The molecule has 21 heavy (non-hydrogen) atoms. The second kappa shape index (κ2) is 5.30. The Kier molecular flexibility index (Phi) is 3.48. The van der Waals surface area contributed by atoms with E-state index in [9.17, 15) is 9.59 Å². The molecule has 2 aliphatic heterocycles. The maximum Gasteiger partial charge on any atom is 0.357 e. The van der Waals surface area contributed by atoms with Crippen LogP contribution < -0.4 is 10.2 Å². The fourth-order valence-electron chi connectivity index (χ4n) is 2.16. The number of hydrogen-bond donors (Lipinski definition) is 1. The molecule has 3 rings (SSSR count). The van der Waals surface area contributed by atoms with Gasteiger partial charge in [-0.05, 0) is 6.08 Å². The highest BCUT2D eigenvalue weighted by molar-refractivity contribution is 7.13. The zero-order valence-electron chi connectivity index (χ0n) is 11.1. The quantitative estimate of drug-likeness (QED) is 0.797. The van der Waals surface area contributed by atoms with E-state index in [0.717, 1.165) is 12.2 Å². The Hall–Kier alpha value is -2.19. The summed E-state index contributed by atoms with van der Waals surface area (Å²) in [5.41, 5.74) is 0.716. The van der Waals surface area contributed by atoms with Crippen molar-refractivity contribution in [1.29, 1.82) is 0 Å². The Balaban J connectivity index is 1.98. The van der Waals surface area contributed by atoms with Gasteiger partial charge in [0.25, 0.3) is 0 Å². The molecule has 0 radical (unpaired) electrons. The van der Waals surface area contributed by atoms with Crippen LogP contribution in [0.25, 0.3) is 6.08 Å². The maximum atomic E-state index is 11.7. The van der Waals surface area contributed by atoms with Gasteiger partial charge in [-0.3, -0.25) is 4.90 Å². The molecule has 110 valence electrons. The van der Waals surface area contributed by atoms with E-state index < -0.39 is 17.8 Å². The highest BCUT2D eigenvalue weighted by atomic mass is 32.1. The average molecular weight is 307 g/mol. The van der Waals surface area contributed by atoms with Gasteiger partial charge in [0.05, 0.1) is 12.2 Å². The second-order valence-corrected chi connectivity index (χ2v) is 5.31. The predicted molar refractivity (Wildman–Crippen MR) is 76.5 cm³/mol. The molecule has 0 aliphatic carbocycles. The minimum Gasteiger partial charge on any atom is -0.399 e. The molecule has 8 heteroatoms. The first kappa shape index (κ1) is 13.8. The lowest BCUT2D eigenvalue weighted by atomic mass is 10.3. The van der Waals surface area contributed by atoms with Crippen molar-refractivity contribution >= 4 is 34.5 Å². The van der Waals surface area contributed by atoms with Crippen molar-refractivity contribution in [3.63, 3.8) is 0 Å². The minimum absolute atomic E-state index is 0.176. The summed E-state index contributed by atoms with van der Waals surface area (Å²) in [6.07, 6.45) is 3.74. The van der Waals surface area contributed by atoms with Gasteiger partial charge in [0.15, 0.2) is 5.13 Å². The van der Waals surface area contributed by atoms with Crippen molar-refractivity contribution in [2.45, 2.75) is 5.91 Å². The fourth-order valence-corrected chi connectivity index (χ4v) is 3.05. The van der Waals surface area contributed by atoms with Crippen molar-refractivity contribution in [2.75, 3.05) is 24.5 Å². The Labute approximate surface area is 124 Å². The number of hydrogen-bond acceptors (Lipinski definition) is 8. The third-order valence-corrected chi connectivity index (χ3v) is 3.98. The number of rotatable bonds is 2. The van der Waals surface area contributed by atoms with Gasteiger partial charge in [-0.2, -0.15) is 0 Å². The number of piperazine rings is 1. The molecule has 0 saturated carbocycles. The van der Waals surface area contributed by atoms with Crippen LogP contribution in [0.4, 0.5) is 5.13 Å². The van der Waals surface area contributed by atoms with Crippen LogP contribution in [0, 0.1) is 0 Å². The van der Waals surface area contributed by atoms with Gasteiger partial charge in [0.2, 0.25) is 0 Å². The molecule has 1 saturated heterocycles. The van der Waals surface area contributed by atoms with Crippen molar-refractivity contribution in [3.05, 3.63) is 29.8 Å². The Bertz CT molecular complexity index is 605. The van der Waals surface area contributed by atoms with Crippen LogP contribution in [-0.2, 0) is 19.1 Å². The van der Waals surface area contributed by atoms with Gasteiger partial charge in [-0.15, -0.1) is 11.3 Å². The lowest BCUT2D eigenvalue weighted by molar-refractivity contribution is -0.221. The molecule has 2 aliphatic rings. The molecule has 0 amide bonds. The summed E-state index contributed by atoms with van der Waals surface area (Å²) in [6, 6.07) is 0. The molecule has 1 N–H and O–H groups in total. The number of nitrogens with zero attached hydrogens (tertiary/aromatic N) is 2. The molecular weight excluding hydrogens is 294 g/mol. The first-order chi connectivity index (χ1) is 10.1. The van der Waals surface area contributed by atoms with Gasteiger partial charge in [0, 0.05) is 30.6 Å². The largest absolute Gasteiger partial charge is 0.399 e. The average Bonchev–Trinajstić information content (AvgIpc) is 2.89. The lowest BCUT2D eigenvalue weighted by Gasteiger charge is -2.43. The van der Waals surface area contributed by atoms with Crippen molar-refractivity contribution in [1.82, 2.24) is 10.3 Å². The van der Waals surface area contributed by atoms with Crippen LogP contribution in [0.15, 0.2) is 24.1 Å². The van der Waals surface area contributed by atoms with Crippen molar-refractivity contribution in [2.24, 2.45) is 0 Å². The zero-order chi connectivity index (χ0) is 14.9. The van der Waals surface area contributed by atoms with E-state index >= 15 is 0 Å². The third-order valence-electron chi connectivity index (χ3n) is 3.10. The topological polar surface area (TPSA) is 80.8 Å². The first-order valence-corrected chi connectivity index (χ1v) is 7.21. The second-order valence-electron chi connectivity index (χ2n) is 4.48. The fraction of sp³-hybridized carbons (Fsp3) is 0.308. The normalized spacial score (nSPS) is 20.9. The van der Waals surface area contributed by atoms with Gasteiger partial charge >= 0.3 is 17.8 Å². The molecular formula is C13H13N3O4S. The van der Waals surface area contributed by atoms with E-state index in [1.807, 2.05) is 5.38 Å². The molecule has 0 aromatic carbocycles. The monoisotopic (exact) mass is 307 g/mol. The van der Waals surface area contributed by atoms with Crippen LogP contribution in [0.1, 0.15) is 5.69 Å². The SMILES string of the molecule is C=Cc1csc(N2CCNCC23OC(=O)C=CC(=O)O3)n1. The van der Waals surface area contributed by atoms with E-state index in [1.165, 1.54) is 11.3 Å². The van der Waals surface area contributed by atoms with E-state index in [0.29, 0.717) is 23.9 Å². The van der Waals surface area contributed by atoms with Crippen molar-refractivity contribution in [3.8, 4) is 0 Å². The summed E-state index contributed by atoms with van der Waals surface area (Å²) in [5.74, 6) is -2.77. The highest BCUT2D eigenvalue weighted by Crippen LogP contribution is 2.32. The number of carbonyl (C=O) groups is 2. The van der Waals surface area contributed by atoms with Gasteiger partial charge in [0.1, 0.15) is 0 Å². The molecule has 1 spiro atoms. The molecule has 7 nitrogen and oxygen atoms in total. The van der Waals surface area contributed by atoms with E-state index in [1.54, 1.807) is 11.0 Å². The van der Waals surface area contributed by atoms with E-state index in [-0.39, 0.29) is 6.54 Å². The van der Waals surface area contributed by atoms with Crippen LogP contribution >= 0.6 is 11.3 Å². The summed E-state index contributed by atoms with van der Waals surface area (Å²) in [6.45, 7) is 4.99. The number of carbonyl (C=O) groups excluding carboxylic acids is 2. The Morgan fingerprint density at radius 3 is 2.71 bits per heavy atom.